The number of hydrogen-bond acceptors (Lipinski definition) is 4. The molecule has 0 aliphatic rings. The quantitative estimate of drug-likeness (QED) is 0.640. The van der Waals surface area contributed by atoms with E-state index in [1.54, 1.807) is 12.1 Å². The zero-order valence-electron chi connectivity index (χ0n) is 11.5. The smallest absolute Gasteiger partial charge is 0.288 e. The molecule has 110 valence electrons. The van der Waals surface area contributed by atoms with Crippen molar-refractivity contribution in [1.29, 1.82) is 0 Å². The maximum absolute atomic E-state index is 10.7. The van der Waals surface area contributed by atoms with Crippen molar-refractivity contribution in [2.24, 2.45) is 0 Å². The van der Waals surface area contributed by atoms with Gasteiger partial charge in [-0.3, -0.25) is 10.1 Å². The van der Waals surface area contributed by atoms with E-state index in [9.17, 15) is 10.1 Å². The summed E-state index contributed by atoms with van der Waals surface area (Å²) in [6.07, 6.45) is 0. The number of ether oxygens (including phenoxy) is 1. The van der Waals surface area contributed by atoms with Crippen LogP contribution in [0.3, 0.4) is 0 Å². The highest BCUT2D eigenvalue weighted by Crippen LogP contribution is 2.27. The van der Waals surface area contributed by atoms with Gasteiger partial charge in [-0.25, -0.2) is 0 Å². The fraction of sp³-hybridized carbons (Fsp3) is 0.200. The van der Waals surface area contributed by atoms with Crippen LogP contribution in [0.25, 0.3) is 0 Å². The lowest BCUT2D eigenvalue weighted by Gasteiger charge is -2.08. The van der Waals surface area contributed by atoms with Crippen molar-refractivity contribution < 1.29 is 9.66 Å². The van der Waals surface area contributed by atoms with Crippen molar-refractivity contribution in [1.82, 2.24) is 0 Å². The topological polar surface area (TPSA) is 64.4 Å². The summed E-state index contributed by atoms with van der Waals surface area (Å²) in [6, 6.07) is 12.3. The molecule has 1 N–H and O–H groups in total. The van der Waals surface area contributed by atoms with Crippen molar-refractivity contribution >= 4 is 23.0 Å². The molecule has 0 unspecified atom stereocenters. The van der Waals surface area contributed by atoms with E-state index in [1.807, 2.05) is 31.2 Å². The number of rotatable bonds is 6. The average Bonchev–Trinajstić information content (AvgIpc) is 2.46. The van der Waals surface area contributed by atoms with E-state index < -0.39 is 4.92 Å². The van der Waals surface area contributed by atoms with Gasteiger partial charge in [0.1, 0.15) is 10.8 Å². The first-order valence-corrected chi connectivity index (χ1v) is 6.87. The van der Waals surface area contributed by atoms with Crippen LogP contribution < -0.4 is 10.1 Å². The maximum Gasteiger partial charge on any atom is 0.288 e. The molecule has 0 aliphatic heterocycles. The number of halogens is 1. The number of nitro benzene ring substituents is 1. The lowest BCUT2D eigenvalue weighted by Crippen LogP contribution is -2.00. The largest absolute Gasteiger partial charge is 0.494 e. The Bertz CT molecular complexity index is 629. The Morgan fingerprint density at radius 3 is 2.52 bits per heavy atom. The minimum absolute atomic E-state index is 0.0942. The fourth-order valence-electron chi connectivity index (χ4n) is 1.84. The Kier molecular flexibility index (Phi) is 5.00. The first-order valence-electron chi connectivity index (χ1n) is 6.49. The van der Waals surface area contributed by atoms with Crippen LogP contribution in [0.2, 0.25) is 5.02 Å². The SMILES string of the molecule is CCOc1ccc(CNc2ccc([N+](=O)[O-])c(Cl)c2)cc1. The summed E-state index contributed by atoms with van der Waals surface area (Å²) in [4.78, 5) is 10.2. The highest BCUT2D eigenvalue weighted by molar-refractivity contribution is 6.32. The van der Waals surface area contributed by atoms with Gasteiger partial charge in [-0.15, -0.1) is 0 Å². The summed E-state index contributed by atoms with van der Waals surface area (Å²) in [5, 5.41) is 14.0. The maximum atomic E-state index is 10.7. The van der Waals surface area contributed by atoms with Crippen molar-refractivity contribution in [2.75, 3.05) is 11.9 Å². The Labute approximate surface area is 127 Å². The molecular weight excluding hydrogens is 292 g/mol. The molecule has 0 aliphatic carbocycles. The van der Waals surface area contributed by atoms with Crippen LogP contribution in [0.4, 0.5) is 11.4 Å². The second-order valence-corrected chi connectivity index (χ2v) is 4.76. The molecule has 2 aromatic carbocycles. The first-order chi connectivity index (χ1) is 10.1. The van der Waals surface area contributed by atoms with Gasteiger partial charge in [0.15, 0.2) is 0 Å². The van der Waals surface area contributed by atoms with Gasteiger partial charge in [0.2, 0.25) is 0 Å². The van der Waals surface area contributed by atoms with Crippen molar-refractivity contribution in [3.05, 3.63) is 63.2 Å². The molecule has 0 fully saturated rings. The summed E-state index contributed by atoms with van der Waals surface area (Å²) >= 11 is 5.86. The predicted molar refractivity (Wildman–Crippen MR) is 83.0 cm³/mol. The number of nitrogens with zero attached hydrogens (tertiary/aromatic N) is 1. The number of nitrogens with one attached hydrogen (secondary N) is 1. The predicted octanol–water partition coefficient (Wildman–Crippen LogP) is 4.26. The Hall–Kier alpha value is -2.27. The second kappa shape index (κ2) is 6.95. The molecule has 0 saturated heterocycles. The zero-order chi connectivity index (χ0) is 15.2. The van der Waals surface area contributed by atoms with E-state index in [-0.39, 0.29) is 10.7 Å². The molecule has 2 rings (SSSR count). The van der Waals surface area contributed by atoms with Crippen LogP contribution in [0, 0.1) is 10.1 Å². The number of anilines is 1. The average molecular weight is 307 g/mol. The van der Waals surface area contributed by atoms with E-state index >= 15 is 0 Å². The summed E-state index contributed by atoms with van der Waals surface area (Å²) in [7, 11) is 0. The fourth-order valence-corrected chi connectivity index (χ4v) is 2.09. The minimum Gasteiger partial charge on any atom is -0.494 e. The van der Waals surface area contributed by atoms with Crippen LogP contribution in [-0.4, -0.2) is 11.5 Å². The highest BCUT2D eigenvalue weighted by atomic mass is 35.5. The van der Waals surface area contributed by atoms with Gasteiger partial charge in [0.05, 0.1) is 11.5 Å². The molecular formula is C15H15ClN2O3. The first kappa shape index (κ1) is 15.1. The van der Waals surface area contributed by atoms with Gasteiger partial charge in [-0.2, -0.15) is 0 Å². The summed E-state index contributed by atoms with van der Waals surface area (Å²) in [5.41, 5.74) is 1.72. The molecule has 6 heteroatoms. The van der Waals surface area contributed by atoms with E-state index in [2.05, 4.69) is 5.32 Å². The summed E-state index contributed by atoms with van der Waals surface area (Å²) < 4.78 is 5.37. The van der Waals surface area contributed by atoms with Crippen LogP contribution in [-0.2, 0) is 6.54 Å². The Morgan fingerprint density at radius 2 is 1.95 bits per heavy atom. The van der Waals surface area contributed by atoms with Gasteiger partial charge in [0.25, 0.3) is 5.69 Å². The lowest BCUT2D eigenvalue weighted by atomic mass is 10.2. The van der Waals surface area contributed by atoms with Crippen molar-refractivity contribution in [3.8, 4) is 5.75 Å². The molecule has 0 radical (unpaired) electrons. The summed E-state index contributed by atoms with van der Waals surface area (Å²) in [5.74, 6) is 0.833. The third-order valence-corrected chi connectivity index (χ3v) is 3.18. The van der Waals surface area contributed by atoms with Gasteiger partial charge < -0.3 is 10.1 Å². The number of hydrogen-bond donors (Lipinski definition) is 1. The third kappa shape index (κ3) is 4.10. The number of nitro groups is 1. The molecule has 21 heavy (non-hydrogen) atoms. The van der Waals surface area contributed by atoms with Crippen LogP contribution >= 0.6 is 11.6 Å². The van der Waals surface area contributed by atoms with Gasteiger partial charge >= 0.3 is 0 Å². The minimum atomic E-state index is -0.501. The molecule has 0 heterocycles. The molecule has 0 aromatic heterocycles. The molecule has 2 aromatic rings. The molecule has 0 atom stereocenters. The van der Waals surface area contributed by atoms with Crippen LogP contribution in [0.15, 0.2) is 42.5 Å². The van der Waals surface area contributed by atoms with E-state index in [0.29, 0.717) is 13.2 Å². The van der Waals surface area contributed by atoms with Crippen molar-refractivity contribution in [3.63, 3.8) is 0 Å². The van der Waals surface area contributed by atoms with Gasteiger partial charge in [0, 0.05) is 18.3 Å². The monoisotopic (exact) mass is 306 g/mol. The molecule has 0 spiro atoms. The molecule has 5 nitrogen and oxygen atoms in total. The van der Waals surface area contributed by atoms with Crippen molar-refractivity contribution in [2.45, 2.75) is 13.5 Å². The highest BCUT2D eigenvalue weighted by Gasteiger charge is 2.11. The normalized spacial score (nSPS) is 10.2. The van der Waals surface area contributed by atoms with E-state index in [1.165, 1.54) is 6.07 Å². The van der Waals surface area contributed by atoms with Crippen LogP contribution in [0.1, 0.15) is 12.5 Å². The number of benzene rings is 2. The zero-order valence-corrected chi connectivity index (χ0v) is 12.3. The molecule has 0 amide bonds. The van der Waals surface area contributed by atoms with Gasteiger partial charge in [-0.1, -0.05) is 23.7 Å². The summed E-state index contributed by atoms with van der Waals surface area (Å²) in [6.45, 7) is 3.17. The van der Waals surface area contributed by atoms with Gasteiger partial charge in [-0.05, 0) is 36.8 Å². The van der Waals surface area contributed by atoms with E-state index in [4.69, 9.17) is 16.3 Å². The lowest BCUT2D eigenvalue weighted by molar-refractivity contribution is -0.384. The van der Waals surface area contributed by atoms with E-state index in [0.717, 1.165) is 17.0 Å². The van der Waals surface area contributed by atoms with Crippen LogP contribution in [0.5, 0.6) is 5.75 Å². The Balaban J connectivity index is 1.99. The standard InChI is InChI=1S/C15H15ClN2O3/c1-2-21-13-6-3-11(4-7-13)10-17-12-5-8-15(18(19)20)14(16)9-12/h3-9,17H,2,10H2,1H3. The molecule has 0 saturated carbocycles. The second-order valence-electron chi connectivity index (χ2n) is 4.35. The third-order valence-electron chi connectivity index (χ3n) is 2.88. The Morgan fingerprint density at radius 1 is 1.24 bits per heavy atom. The molecule has 0 bridgehead atoms.